The van der Waals surface area contributed by atoms with Crippen molar-refractivity contribution in [2.24, 2.45) is 5.16 Å². The third-order valence-electron chi connectivity index (χ3n) is 5.12. The number of oxime groups is 1. The summed E-state index contributed by atoms with van der Waals surface area (Å²) in [6.45, 7) is 4.81. The molecule has 1 heterocycles. The predicted octanol–water partition coefficient (Wildman–Crippen LogP) is 3.75. The number of nitrogens with zero attached hydrogens (tertiary/aromatic N) is 2. The van der Waals surface area contributed by atoms with Crippen LogP contribution in [0, 0.1) is 11.6 Å². The maximum Gasteiger partial charge on any atom is 0.145 e. The fourth-order valence-corrected chi connectivity index (χ4v) is 3.52. The Balaban J connectivity index is 1.64. The zero-order valence-electron chi connectivity index (χ0n) is 18.6. The Kier molecular flexibility index (Phi) is 8.55. The highest BCUT2D eigenvalue weighted by atomic mass is 19.1. The van der Waals surface area contributed by atoms with Crippen LogP contribution in [0.3, 0.4) is 0 Å². The minimum absolute atomic E-state index is 0.00809. The number of hydrogen-bond donors (Lipinski definition) is 1. The smallest absolute Gasteiger partial charge is 0.145 e. The van der Waals surface area contributed by atoms with Gasteiger partial charge in [0.25, 0.3) is 0 Å². The second kappa shape index (κ2) is 11.4. The Morgan fingerprint density at radius 3 is 2.59 bits per heavy atom. The molecule has 1 aliphatic heterocycles. The molecule has 174 valence electrons. The van der Waals surface area contributed by atoms with Gasteiger partial charge in [-0.15, -0.1) is 0 Å². The number of hydrogen-bond acceptors (Lipinski definition) is 6. The van der Waals surface area contributed by atoms with E-state index in [2.05, 4.69) is 5.16 Å². The number of benzene rings is 2. The number of rotatable bonds is 11. The molecule has 3 rings (SSSR count). The van der Waals surface area contributed by atoms with Gasteiger partial charge in [-0.3, -0.25) is 4.90 Å². The summed E-state index contributed by atoms with van der Waals surface area (Å²) in [4.78, 5) is 7.50. The van der Waals surface area contributed by atoms with Gasteiger partial charge in [-0.25, -0.2) is 8.78 Å². The van der Waals surface area contributed by atoms with Crippen molar-refractivity contribution < 1.29 is 28.2 Å². The zero-order chi connectivity index (χ0) is 23.1. The molecule has 0 aliphatic carbocycles. The van der Waals surface area contributed by atoms with E-state index in [9.17, 15) is 13.9 Å². The van der Waals surface area contributed by atoms with Gasteiger partial charge in [-0.2, -0.15) is 0 Å². The summed E-state index contributed by atoms with van der Waals surface area (Å²) in [5.41, 5.74) is 2.10. The molecule has 1 N–H and O–H groups in total. The maximum atomic E-state index is 14.2. The molecule has 32 heavy (non-hydrogen) atoms. The van der Waals surface area contributed by atoms with Crippen molar-refractivity contribution >= 4 is 5.71 Å². The molecular weight excluding hydrogens is 418 g/mol. The number of ether oxygens (including phenoxy) is 2. The van der Waals surface area contributed by atoms with Crippen LogP contribution in [-0.2, 0) is 16.1 Å². The van der Waals surface area contributed by atoms with Crippen LogP contribution < -0.4 is 4.74 Å². The van der Waals surface area contributed by atoms with Crippen LogP contribution in [0.2, 0.25) is 0 Å². The minimum atomic E-state index is -0.760. The lowest BCUT2D eigenvalue weighted by Gasteiger charge is -2.27. The summed E-state index contributed by atoms with van der Waals surface area (Å²) in [6.07, 6.45) is -0.447. The minimum Gasteiger partial charge on any atom is -0.497 e. The van der Waals surface area contributed by atoms with Gasteiger partial charge in [0.05, 0.1) is 31.6 Å². The Bertz CT molecular complexity index is 905. The molecule has 0 fully saturated rings. The van der Waals surface area contributed by atoms with Crippen LogP contribution in [-0.4, -0.2) is 60.8 Å². The van der Waals surface area contributed by atoms with Crippen LogP contribution in [0.1, 0.15) is 31.4 Å². The number of aliphatic hydroxyl groups excluding tert-OH is 1. The fourth-order valence-electron chi connectivity index (χ4n) is 3.52. The third kappa shape index (κ3) is 6.98. The predicted molar refractivity (Wildman–Crippen MR) is 118 cm³/mol. The van der Waals surface area contributed by atoms with Gasteiger partial charge in [-0.05, 0) is 49.7 Å². The summed E-state index contributed by atoms with van der Waals surface area (Å²) in [5.74, 6) is -0.486. The third-order valence-corrected chi connectivity index (χ3v) is 5.12. The van der Waals surface area contributed by atoms with Crippen molar-refractivity contribution in [1.82, 2.24) is 4.90 Å². The quantitative estimate of drug-likeness (QED) is 0.567. The summed E-state index contributed by atoms with van der Waals surface area (Å²) >= 11 is 0. The van der Waals surface area contributed by atoms with E-state index < -0.39 is 17.7 Å². The first-order valence-electron chi connectivity index (χ1n) is 10.7. The van der Waals surface area contributed by atoms with Crippen LogP contribution in [0.25, 0.3) is 0 Å². The molecule has 2 atom stereocenters. The van der Waals surface area contributed by atoms with Gasteiger partial charge in [-0.1, -0.05) is 11.2 Å². The standard InChI is InChI=1S/C24H30F2N2O4/c1-16(2)31-15-20(29)13-28(12-18-4-7-19(25)10-23(18)26)14-22-11-24(27-32-22)17-5-8-21(30-3)9-6-17/h4-10,16,20,22,29H,11-15H2,1-3H3/t20-,22-/m0/s1. The average Bonchev–Trinajstić information content (AvgIpc) is 3.22. The second-order valence-electron chi connectivity index (χ2n) is 8.16. The van der Waals surface area contributed by atoms with Crippen molar-refractivity contribution in [3.63, 3.8) is 0 Å². The van der Waals surface area contributed by atoms with E-state index in [1.807, 2.05) is 43.0 Å². The van der Waals surface area contributed by atoms with Crippen molar-refractivity contribution in [2.45, 2.75) is 45.1 Å². The number of methoxy groups -OCH3 is 1. The highest BCUT2D eigenvalue weighted by Gasteiger charge is 2.26. The molecule has 0 saturated carbocycles. The maximum absolute atomic E-state index is 14.2. The summed E-state index contributed by atoms with van der Waals surface area (Å²) < 4.78 is 38.2. The van der Waals surface area contributed by atoms with Gasteiger partial charge < -0.3 is 19.4 Å². The molecular formula is C24H30F2N2O4. The van der Waals surface area contributed by atoms with Crippen molar-refractivity contribution in [2.75, 3.05) is 26.8 Å². The average molecular weight is 449 g/mol. The monoisotopic (exact) mass is 448 g/mol. The molecule has 0 bridgehead atoms. The molecule has 1 aliphatic rings. The van der Waals surface area contributed by atoms with Gasteiger partial charge in [0.1, 0.15) is 23.5 Å². The first kappa shape index (κ1) is 24.1. The summed E-state index contributed by atoms with van der Waals surface area (Å²) in [7, 11) is 1.61. The lowest BCUT2D eigenvalue weighted by atomic mass is 10.0. The zero-order valence-corrected chi connectivity index (χ0v) is 18.6. The van der Waals surface area contributed by atoms with Gasteiger partial charge in [0.2, 0.25) is 0 Å². The highest BCUT2D eigenvalue weighted by Crippen LogP contribution is 2.21. The molecule has 6 nitrogen and oxygen atoms in total. The first-order chi connectivity index (χ1) is 15.3. The number of halogens is 2. The van der Waals surface area contributed by atoms with Crippen LogP contribution >= 0.6 is 0 Å². The van der Waals surface area contributed by atoms with Gasteiger partial charge in [0.15, 0.2) is 0 Å². The Morgan fingerprint density at radius 2 is 1.94 bits per heavy atom. The van der Waals surface area contributed by atoms with Gasteiger partial charge >= 0.3 is 0 Å². The van der Waals surface area contributed by atoms with Crippen LogP contribution in [0.15, 0.2) is 47.6 Å². The van der Waals surface area contributed by atoms with Crippen LogP contribution in [0.5, 0.6) is 5.75 Å². The summed E-state index contributed by atoms with van der Waals surface area (Å²) in [6, 6.07) is 11.1. The van der Waals surface area contributed by atoms with E-state index >= 15 is 0 Å². The lowest BCUT2D eigenvalue weighted by Crippen LogP contribution is -2.39. The molecule has 0 saturated heterocycles. The van der Waals surface area contributed by atoms with E-state index in [0.29, 0.717) is 18.5 Å². The molecule has 0 aromatic heterocycles. The van der Waals surface area contributed by atoms with Crippen LogP contribution in [0.4, 0.5) is 8.78 Å². The molecule has 2 aromatic carbocycles. The number of aliphatic hydroxyl groups is 1. The lowest BCUT2D eigenvalue weighted by molar-refractivity contribution is -0.0196. The first-order valence-corrected chi connectivity index (χ1v) is 10.7. The highest BCUT2D eigenvalue weighted by molar-refractivity contribution is 6.01. The Labute approximate surface area is 187 Å². The molecule has 8 heteroatoms. The Morgan fingerprint density at radius 1 is 1.19 bits per heavy atom. The normalized spacial score (nSPS) is 16.9. The van der Waals surface area contributed by atoms with E-state index in [1.165, 1.54) is 12.1 Å². The van der Waals surface area contributed by atoms with Gasteiger partial charge in [0, 0.05) is 37.7 Å². The van der Waals surface area contributed by atoms with E-state index in [4.69, 9.17) is 14.3 Å². The van der Waals surface area contributed by atoms with Crippen molar-refractivity contribution in [1.29, 1.82) is 0 Å². The molecule has 2 aromatic rings. The second-order valence-corrected chi connectivity index (χ2v) is 8.16. The van der Waals surface area contributed by atoms with E-state index in [-0.39, 0.29) is 31.9 Å². The largest absolute Gasteiger partial charge is 0.497 e. The summed E-state index contributed by atoms with van der Waals surface area (Å²) in [5, 5.41) is 14.6. The molecule has 0 amide bonds. The molecule has 0 spiro atoms. The fraction of sp³-hybridized carbons (Fsp3) is 0.458. The van der Waals surface area contributed by atoms with Crippen molar-refractivity contribution in [3.05, 3.63) is 65.2 Å². The molecule has 0 radical (unpaired) electrons. The van der Waals surface area contributed by atoms with E-state index in [1.54, 1.807) is 7.11 Å². The molecule has 0 unspecified atom stereocenters. The Hall–Kier alpha value is -2.55. The SMILES string of the molecule is COc1ccc(C2=NO[C@H](CN(Cc3ccc(F)cc3F)C[C@H](O)COC(C)C)C2)cc1. The van der Waals surface area contributed by atoms with E-state index in [0.717, 1.165) is 23.1 Å². The van der Waals surface area contributed by atoms with Crippen molar-refractivity contribution in [3.8, 4) is 5.75 Å². The topological polar surface area (TPSA) is 63.5 Å².